The Balaban J connectivity index is 1.18. The van der Waals surface area contributed by atoms with E-state index in [1.54, 1.807) is 11.8 Å². The molecule has 0 unspecified atom stereocenters. The van der Waals surface area contributed by atoms with Crippen molar-refractivity contribution in [2.45, 2.75) is 15.2 Å². The Bertz CT molecular complexity index is 2600. The normalized spacial score (nSPS) is 13.4. The van der Waals surface area contributed by atoms with Gasteiger partial charge in [-0.2, -0.15) is 5.26 Å². The first-order valence-electron chi connectivity index (χ1n) is 16.4. The predicted molar refractivity (Wildman–Crippen MR) is 198 cm³/mol. The van der Waals surface area contributed by atoms with Gasteiger partial charge in [-0.3, -0.25) is 4.57 Å². The molecule has 0 fully saturated rings. The molecule has 49 heavy (non-hydrogen) atoms. The molecule has 1 aromatic heterocycles. The molecule has 4 heteroatoms. The van der Waals surface area contributed by atoms with E-state index in [1.807, 2.05) is 12.1 Å². The smallest absolute Gasteiger partial charge is 0.145 e. The third kappa shape index (κ3) is 3.94. The maximum absolute atomic E-state index is 10.7. The quantitative estimate of drug-likeness (QED) is 0.193. The average molecular weight is 642 g/mol. The molecular formula is C45H27N3S. The highest BCUT2D eigenvalue weighted by Gasteiger charge is 2.50. The van der Waals surface area contributed by atoms with Gasteiger partial charge in [0.2, 0.25) is 0 Å². The Morgan fingerprint density at radius 2 is 1.16 bits per heavy atom. The highest BCUT2D eigenvalue weighted by molar-refractivity contribution is 7.99. The number of nitriles is 1. The fourth-order valence-corrected chi connectivity index (χ4v) is 9.31. The summed E-state index contributed by atoms with van der Waals surface area (Å²) >= 11 is 1.72. The van der Waals surface area contributed by atoms with E-state index in [9.17, 15) is 5.26 Å². The predicted octanol–water partition coefficient (Wildman–Crippen LogP) is 11.1. The zero-order chi connectivity index (χ0) is 32.5. The Kier molecular flexibility index (Phi) is 6.09. The van der Waals surface area contributed by atoms with E-state index in [4.69, 9.17) is 4.98 Å². The Morgan fingerprint density at radius 1 is 0.551 bits per heavy atom. The van der Waals surface area contributed by atoms with Crippen LogP contribution < -0.4 is 0 Å². The molecule has 1 aliphatic carbocycles. The van der Waals surface area contributed by atoms with Gasteiger partial charge in [-0.15, -0.1) is 0 Å². The molecule has 0 atom stereocenters. The first-order valence-corrected chi connectivity index (χ1v) is 17.3. The standard InChI is InChI=1S/C45H27N3S/c46-28-32-26-31(29-22-24-30(25-23-29)44-47-40-19-9-10-20-41(40)48(44)33-12-2-1-3-13-33)27-39-43(32)49-42-21-11-8-18-38(42)45(39)36-16-6-4-14-34(36)35-15-5-7-17-37(35)45/h1-27H. The Hall–Kier alpha value is -6.15. The van der Waals surface area contributed by atoms with Crippen LogP contribution in [0.1, 0.15) is 27.8 Å². The number of fused-ring (bicyclic) bond motifs is 10. The summed E-state index contributed by atoms with van der Waals surface area (Å²) in [5.41, 5.74) is 13.8. The summed E-state index contributed by atoms with van der Waals surface area (Å²) in [4.78, 5) is 7.30. The Labute approximate surface area is 288 Å². The highest BCUT2D eigenvalue weighted by atomic mass is 32.2. The number of para-hydroxylation sites is 3. The molecule has 3 nitrogen and oxygen atoms in total. The number of imidazole rings is 1. The van der Waals surface area contributed by atoms with Crippen molar-refractivity contribution in [3.8, 4) is 45.4 Å². The molecule has 7 aromatic carbocycles. The minimum atomic E-state index is -0.535. The van der Waals surface area contributed by atoms with Crippen molar-refractivity contribution in [3.05, 3.63) is 192 Å². The molecule has 0 radical (unpaired) electrons. The lowest BCUT2D eigenvalue weighted by Crippen LogP contribution is -2.32. The summed E-state index contributed by atoms with van der Waals surface area (Å²) in [6.07, 6.45) is 0. The summed E-state index contributed by atoms with van der Waals surface area (Å²) in [6.45, 7) is 0. The fraction of sp³-hybridized carbons (Fsp3) is 0.0222. The lowest BCUT2D eigenvalue weighted by atomic mass is 9.66. The van der Waals surface area contributed by atoms with Crippen LogP contribution in [-0.4, -0.2) is 9.55 Å². The van der Waals surface area contributed by atoms with Gasteiger partial charge in [-0.1, -0.05) is 133 Å². The van der Waals surface area contributed by atoms with Crippen molar-refractivity contribution in [3.63, 3.8) is 0 Å². The van der Waals surface area contributed by atoms with Crippen LogP contribution in [-0.2, 0) is 5.41 Å². The lowest BCUT2D eigenvalue weighted by molar-refractivity contribution is 0.721. The topological polar surface area (TPSA) is 41.6 Å². The average Bonchev–Trinajstić information content (AvgIpc) is 3.70. The first kappa shape index (κ1) is 27.9. The molecule has 0 bridgehead atoms. The van der Waals surface area contributed by atoms with Gasteiger partial charge in [0.05, 0.1) is 22.0 Å². The maximum Gasteiger partial charge on any atom is 0.145 e. The summed E-state index contributed by atoms with van der Waals surface area (Å²) < 4.78 is 2.23. The van der Waals surface area contributed by atoms with E-state index in [2.05, 4.69) is 162 Å². The monoisotopic (exact) mass is 641 g/mol. The van der Waals surface area contributed by atoms with Crippen LogP contribution in [0.5, 0.6) is 0 Å². The molecule has 2 aliphatic rings. The van der Waals surface area contributed by atoms with Crippen LogP contribution in [0, 0.1) is 11.3 Å². The van der Waals surface area contributed by atoms with E-state index < -0.39 is 5.41 Å². The summed E-state index contributed by atoms with van der Waals surface area (Å²) in [5.74, 6) is 0.897. The van der Waals surface area contributed by atoms with Gasteiger partial charge in [-0.05, 0) is 87.0 Å². The molecule has 0 saturated heterocycles. The van der Waals surface area contributed by atoms with E-state index in [-0.39, 0.29) is 0 Å². The van der Waals surface area contributed by atoms with Crippen LogP contribution in [0.2, 0.25) is 0 Å². The minimum Gasteiger partial charge on any atom is -0.292 e. The third-order valence-electron chi connectivity index (χ3n) is 10.1. The first-order chi connectivity index (χ1) is 24.3. The van der Waals surface area contributed by atoms with Crippen molar-refractivity contribution in [2.75, 3.05) is 0 Å². The number of rotatable bonds is 3. The summed E-state index contributed by atoms with van der Waals surface area (Å²) in [7, 11) is 0. The van der Waals surface area contributed by atoms with Crippen molar-refractivity contribution in [1.29, 1.82) is 5.26 Å². The van der Waals surface area contributed by atoms with Gasteiger partial charge in [0.15, 0.2) is 0 Å². The molecule has 0 amide bonds. The molecule has 0 N–H and O–H groups in total. The van der Waals surface area contributed by atoms with Gasteiger partial charge >= 0.3 is 0 Å². The molecule has 228 valence electrons. The van der Waals surface area contributed by atoms with Crippen molar-refractivity contribution < 1.29 is 0 Å². The number of benzene rings is 7. The molecule has 8 aromatic rings. The van der Waals surface area contributed by atoms with E-state index in [0.717, 1.165) is 49.7 Å². The SMILES string of the molecule is N#Cc1cc(-c2ccc(-c3nc4ccccc4n3-c3ccccc3)cc2)cc2c1Sc1ccccc1C21c2ccccc2-c2ccccc21. The fourth-order valence-electron chi connectivity index (χ4n) is 8.07. The van der Waals surface area contributed by atoms with Crippen molar-refractivity contribution in [2.24, 2.45) is 0 Å². The second-order valence-electron chi connectivity index (χ2n) is 12.6. The van der Waals surface area contributed by atoms with E-state index in [1.165, 1.54) is 32.7 Å². The zero-order valence-electron chi connectivity index (χ0n) is 26.3. The summed E-state index contributed by atoms with van der Waals surface area (Å²) in [6, 6.07) is 60.6. The Morgan fingerprint density at radius 3 is 1.90 bits per heavy atom. The van der Waals surface area contributed by atoms with Crippen LogP contribution in [0.15, 0.2) is 174 Å². The molecular weight excluding hydrogens is 615 g/mol. The van der Waals surface area contributed by atoms with Gasteiger partial charge in [0.1, 0.15) is 11.9 Å². The summed E-state index contributed by atoms with van der Waals surface area (Å²) in [5, 5.41) is 10.7. The second-order valence-corrected chi connectivity index (χ2v) is 13.7. The van der Waals surface area contributed by atoms with Crippen LogP contribution in [0.25, 0.3) is 50.4 Å². The van der Waals surface area contributed by atoms with Gasteiger partial charge in [0.25, 0.3) is 0 Å². The zero-order valence-corrected chi connectivity index (χ0v) is 27.2. The van der Waals surface area contributed by atoms with Crippen LogP contribution in [0.4, 0.5) is 0 Å². The third-order valence-corrected chi connectivity index (χ3v) is 11.3. The van der Waals surface area contributed by atoms with Gasteiger partial charge in [-0.25, -0.2) is 4.98 Å². The molecule has 2 heterocycles. The van der Waals surface area contributed by atoms with Gasteiger partial charge < -0.3 is 0 Å². The van der Waals surface area contributed by atoms with Crippen molar-refractivity contribution >= 4 is 22.8 Å². The largest absolute Gasteiger partial charge is 0.292 e. The van der Waals surface area contributed by atoms with Gasteiger partial charge in [0, 0.05) is 21.0 Å². The molecule has 1 aliphatic heterocycles. The number of hydrogen-bond acceptors (Lipinski definition) is 3. The highest BCUT2D eigenvalue weighted by Crippen LogP contribution is 2.62. The maximum atomic E-state index is 10.7. The lowest BCUT2D eigenvalue weighted by Gasteiger charge is -2.40. The number of hydrogen-bond donors (Lipinski definition) is 0. The number of aromatic nitrogens is 2. The number of nitrogens with zero attached hydrogens (tertiary/aromatic N) is 3. The molecule has 10 rings (SSSR count). The van der Waals surface area contributed by atoms with E-state index >= 15 is 0 Å². The second kappa shape index (κ2) is 10.7. The van der Waals surface area contributed by atoms with Crippen LogP contribution in [0.3, 0.4) is 0 Å². The minimum absolute atomic E-state index is 0.535. The molecule has 0 saturated carbocycles. The van der Waals surface area contributed by atoms with E-state index in [0.29, 0.717) is 5.56 Å². The van der Waals surface area contributed by atoms with Crippen molar-refractivity contribution in [1.82, 2.24) is 9.55 Å². The van der Waals surface area contributed by atoms with Crippen LogP contribution >= 0.6 is 11.8 Å². The molecule has 1 spiro atoms.